The average molecular weight is 288 g/mol. The summed E-state index contributed by atoms with van der Waals surface area (Å²) in [5.74, 6) is -1.42. The summed E-state index contributed by atoms with van der Waals surface area (Å²) in [4.78, 5) is 23.4. The summed E-state index contributed by atoms with van der Waals surface area (Å²) in [6.45, 7) is 0.329. The lowest BCUT2D eigenvalue weighted by molar-refractivity contribution is -0.385. The molecule has 0 aromatic heterocycles. The van der Waals surface area contributed by atoms with Gasteiger partial charge >= 0.3 is 0 Å². The SMILES string of the molecule is CN(Cc1ccccc1)C(=O)c1ccc([N+](=O)[O-])cc1F. The van der Waals surface area contributed by atoms with E-state index in [9.17, 15) is 19.3 Å². The molecule has 0 heterocycles. The molecule has 0 aliphatic rings. The lowest BCUT2D eigenvalue weighted by Gasteiger charge is -2.17. The minimum atomic E-state index is -0.894. The van der Waals surface area contributed by atoms with E-state index in [-0.39, 0.29) is 11.3 Å². The van der Waals surface area contributed by atoms with E-state index in [4.69, 9.17) is 0 Å². The van der Waals surface area contributed by atoms with Crippen molar-refractivity contribution >= 4 is 11.6 Å². The van der Waals surface area contributed by atoms with Gasteiger partial charge in [-0.2, -0.15) is 0 Å². The van der Waals surface area contributed by atoms with Gasteiger partial charge in [0.25, 0.3) is 11.6 Å². The van der Waals surface area contributed by atoms with Gasteiger partial charge in [0, 0.05) is 19.7 Å². The Morgan fingerprint density at radius 2 is 1.90 bits per heavy atom. The molecule has 1 amide bonds. The highest BCUT2D eigenvalue weighted by atomic mass is 19.1. The molecular formula is C15H13FN2O3. The molecule has 0 aliphatic heterocycles. The third-order valence-corrected chi connectivity index (χ3v) is 3.00. The number of nitro benzene ring substituents is 1. The Kier molecular flexibility index (Phi) is 4.27. The topological polar surface area (TPSA) is 63.5 Å². The number of carbonyl (C=O) groups is 1. The van der Waals surface area contributed by atoms with Crippen LogP contribution in [-0.2, 0) is 6.54 Å². The number of amides is 1. The predicted octanol–water partition coefficient (Wildman–Crippen LogP) is 3.01. The second-order valence-electron chi connectivity index (χ2n) is 4.57. The molecule has 0 spiro atoms. The molecule has 0 radical (unpaired) electrons. The Hall–Kier alpha value is -2.76. The Balaban J connectivity index is 2.18. The van der Waals surface area contributed by atoms with Gasteiger partial charge < -0.3 is 4.90 Å². The Bertz CT molecular complexity index is 674. The maximum absolute atomic E-state index is 13.8. The zero-order chi connectivity index (χ0) is 15.4. The van der Waals surface area contributed by atoms with Gasteiger partial charge in [-0.25, -0.2) is 4.39 Å². The van der Waals surface area contributed by atoms with E-state index in [2.05, 4.69) is 0 Å². The summed E-state index contributed by atoms with van der Waals surface area (Å²) >= 11 is 0. The van der Waals surface area contributed by atoms with Gasteiger partial charge in [0.05, 0.1) is 16.6 Å². The van der Waals surface area contributed by atoms with Crippen LogP contribution in [0.4, 0.5) is 10.1 Å². The quantitative estimate of drug-likeness (QED) is 0.641. The van der Waals surface area contributed by atoms with Crippen molar-refractivity contribution in [2.45, 2.75) is 6.54 Å². The highest BCUT2D eigenvalue weighted by Gasteiger charge is 2.19. The zero-order valence-corrected chi connectivity index (χ0v) is 11.3. The van der Waals surface area contributed by atoms with E-state index >= 15 is 0 Å². The molecule has 0 aliphatic carbocycles. The molecule has 0 fully saturated rings. The van der Waals surface area contributed by atoms with Crippen LogP contribution in [0, 0.1) is 15.9 Å². The van der Waals surface area contributed by atoms with Gasteiger partial charge in [0.2, 0.25) is 0 Å². The van der Waals surface area contributed by atoms with Crippen molar-refractivity contribution in [3.8, 4) is 0 Å². The van der Waals surface area contributed by atoms with Gasteiger partial charge in [-0.1, -0.05) is 30.3 Å². The molecule has 0 unspecified atom stereocenters. The van der Waals surface area contributed by atoms with Crippen molar-refractivity contribution < 1.29 is 14.1 Å². The minimum Gasteiger partial charge on any atom is -0.337 e. The van der Waals surface area contributed by atoms with Crippen LogP contribution in [0.2, 0.25) is 0 Å². The van der Waals surface area contributed by atoms with Gasteiger partial charge in [0.15, 0.2) is 0 Å². The van der Waals surface area contributed by atoms with E-state index < -0.39 is 16.6 Å². The standard InChI is InChI=1S/C15H13FN2O3/c1-17(10-11-5-3-2-4-6-11)15(19)13-8-7-12(18(20)21)9-14(13)16/h2-9H,10H2,1H3. The van der Waals surface area contributed by atoms with Crippen LogP contribution >= 0.6 is 0 Å². The van der Waals surface area contributed by atoms with Crippen LogP contribution in [0.25, 0.3) is 0 Å². The first-order valence-corrected chi connectivity index (χ1v) is 6.22. The van der Waals surface area contributed by atoms with Crippen LogP contribution in [0.1, 0.15) is 15.9 Å². The number of carbonyl (C=O) groups excluding carboxylic acids is 1. The molecule has 2 rings (SSSR count). The van der Waals surface area contributed by atoms with Gasteiger partial charge in [0.1, 0.15) is 5.82 Å². The fourth-order valence-electron chi connectivity index (χ4n) is 1.93. The summed E-state index contributed by atoms with van der Waals surface area (Å²) in [7, 11) is 1.55. The fraction of sp³-hybridized carbons (Fsp3) is 0.133. The molecule has 0 saturated carbocycles. The molecule has 108 valence electrons. The first-order chi connectivity index (χ1) is 9.99. The van der Waals surface area contributed by atoms with Crippen LogP contribution in [0.15, 0.2) is 48.5 Å². The van der Waals surface area contributed by atoms with Gasteiger partial charge in [-0.05, 0) is 11.6 Å². The summed E-state index contributed by atoms with van der Waals surface area (Å²) in [6, 6.07) is 12.3. The molecule has 5 nitrogen and oxygen atoms in total. The normalized spacial score (nSPS) is 10.2. The first kappa shape index (κ1) is 14.6. The van der Waals surface area contributed by atoms with Crippen molar-refractivity contribution in [1.82, 2.24) is 4.90 Å². The van der Waals surface area contributed by atoms with Gasteiger partial charge in [-0.15, -0.1) is 0 Å². The molecule has 0 atom stereocenters. The lowest BCUT2D eigenvalue weighted by Crippen LogP contribution is -2.27. The molecule has 0 bridgehead atoms. The molecule has 0 N–H and O–H groups in total. The number of non-ortho nitro benzene ring substituents is 1. The largest absolute Gasteiger partial charge is 0.337 e. The number of hydrogen-bond donors (Lipinski definition) is 0. The van der Waals surface area contributed by atoms with E-state index in [1.54, 1.807) is 7.05 Å². The van der Waals surface area contributed by atoms with Gasteiger partial charge in [-0.3, -0.25) is 14.9 Å². The lowest BCUT2D eigenvalue weighted by atomic mass is 10.1. The maximum Gasteiger partial charge on any atom is 0.272 e. The zero-order valence-electron chi connectivity index (χ0n) is 11.3. The minimum absolute atomic E-state index is 0.181. The van der Waals surface area contributed by atoms with Crippen molar-refractivity contribution in [2.24, 2.45) is 0 Å². The van der Waals surface area contributed by atoms with Crippen LogP contribution in [-0.4, -0.2) is 22.8 Å². The second-order valence-corrected chi connectivity index (χ2v) is 4.57. The van der Waals surface area contributed by atoms with Crippen LogP contribution in [0.5, 0.6) is 0 Å². The maximum atomic E-state index is 13.8. The van der Waals surface area contributed by atoms with Crippen LogP contribution in [0.3, 0.4) is 0 Å². The molecule has 6 heteroatoms. The second kappa shape index (κ2) is 6.13. The van der Waals surface area contributed by atoms with E-state index in [0.717, 1.165) is 23.8 Å². The van der Waals surface area contributed by atoms with E-state index in [1.165, 1.54) is 4.90 Å². The fourth-order valence-corrected chi connectivity index (χ4v) is 1.93. The molecule has 2 aromatic rings. The summed E-state index contributed by atoms with van der Waals surface area (Å²) < 4.78 is 13.8. The smallest absolute Gasteiger partial charge is 0.272 e. The van der Waals surface area contributed by atoms with Crippen molar-refractivity contribution in [2.75, 3.05) is 7.05 Å². The molecule has 21 heavy (non-hydrogen) atoms. The number of nitrogens with zero attached hydrogens (tertiary/aromatic N) is 2. The highest BCUT2D eigenvalue weighted by molar-refractivity contribution is 5.94. The van der Waals surface area contributed by atoms with Crippen molar-refractivity contribution in [3.63, 3.8) is 0 Å². The van der Waals surface area contributed by atoms with Crippen molar-refractivity contribution in [1.29, 1.82) is 0 Å². The predicted molar refractivity (Wildman–Crippen MR) is 75.3 cm³/mol. The van der Waals surface area contributed by atoms with E-state index in [0.29, 0.717) is 6.54 Å². The Labute approximate surface area is 120 Å². The first-order valence-electron chi connectivity index (χ1n) is 6.22. The molecule has 0 saturated heterocycles. The number of hydrogen-bond acceptors (Lipinski definition) is 3. The monoisotopic (exact) mass is 288 g/mol. The number of nitro groups is 1. The third kappa shape index (κ3) is 3.42. The molecular weight excluding hydrogens is 275 g/mol. The number of benzene rings is 2. The average Bonchev–Trinajstić information content (AvgIpc) is 2.47. The van der Waals surface area contributed by atoms with E-state index in [1.807, 2.05) is 30.3 Å². The molecule has 2 aromatic carbocycles. The summed E-state index contributed by atoms with van der Waals surface area (Å²) in [5, 5.41) is 10.6. The van der Waals surface area contributed by atoms with Crippen LogP contribution < -0.4 is 0 Å². The Morgan fingerprint density at radius 1 is 1.24 bits per heavy atom. The van der Waals surface area contributed by atoms with Crippen molar-refractivity contribution in [3.05, 3.63) is 75.6 Å². The summed E-state index contributed by atoms with van der Waals surface area (Å²) in [6.07, 6.45) is 0. The Morgan fingerprint density at radius 3 is 2.48 bits per heavy atom. The third-order valence-electron chi connectivity index (χ3n) is 3.00. The summed E-state index contributed by atoms with van der Waals surface area (Å²) in [5.41, 5.74) is 0.351. The highest BCUT2D eigenvalue weighted by Crippen LogP contribution is 2.18. The number of rotatable bonds is 4. The number of halogens is 1.